The Balaban J connectivity index is 1.75. The van der Waals surface area contributed by atoms with Gasteiger partial charge in [-0.25, -0.2) is 0 Å². The van der Waals surface area contributed by atoms with Crippen molar-refractivity contribution < 1.29 is 9.59 Å². The van der Waals surface area contributed by atoms with Gasteiger partial charge in [0, 0.05) is 26.2 Å². The maximum Gasteiger partial charge on any atom is 0.261 e. The lowest BCUT2D eigenvalue weighted by atomic mass is 10.1. The zero-order chi connectivity index (χ0) is 18.9. The van der Waals surface area contributed by atoms with Gasteiger partial charge in [-0.15, -0.1) is 0 Å². The van der Waals surface area contributed by atoms with E-state index in [4.69, 9.17) is 0 Å². The first kappa shape index (κ1) is 19.9. The van der Waals surface area contributed by atoms with Gasteiger partial charge in [0.1, 0.15) is 0 Å². The second-order valence-corrected chi connectivity index (χ2v) is 6.88. The molecule has 6 nitrogen and oxygen atoms in total. The molecule has 0 radical (unpaired) electrons. The lowest BCUT2D eigenvalue weighted by Crippen LogP contribution is -2.38. The van der Waals surface area contributed by atoms with E-state index in [1.165, 1.54) is 4.90 Å². The Bertz CT molecular complexity index is 620. The number of imide groups is 1. The molecule has 0 fully saturated rings. The van der Waals surface area contributed by atoms with E-state index in [-0.39, 0.29) is 11.8 Å². The average molecular weight is 358 g/mol. The second kappa shape index (κ2) is 9.94. The summed E-state index contributed by atoms with van der Waals surface area (Å²) in [4.78, 5) is 30.5. The fourth-order valence-corrected chi connectivity index (χ4v) is 2.84. The largest absolute Gasteiger partial charge is 0.357 e. The third-order valence-corrected chi connectivity index (χ3v) is 4.30. The molecule has 1 aromatic carbocycles. The average Bonchev–Trinajstić information content (AvgIpc) is 2.86. The molecule has 1 aromatic rings. The molecule has 142 valence electrons. The van der Waals surface area contributed by atoms with Crippen molar-refractivity contribution in [1.29, 1.82) is 0 Å². The molecule has 0 saturated carbocycles. The second-order valence-electron chi connectivity index (χ2n) is 6.88. The van der Waals surface area contributed by atoms with Gasteiger partial charge in [-0.1, -0.05) is 26.0 Å². The first-order chi connectivity index (χ1) is 12.5. The quantitative estimate of drug-likeness (QED) is 0.308. The number of nitrogens with one attached hydrogen (secondary N) is 2. The minimum Gasteiger partial charge on any atom is -0.357 e. The summed E-state index contributed by atoms with van der Waals surface area (Å²) in [5.41, 5.74) is 1.03. The Labute approximate surface area is 156 Å². The Morgan fingerprint density at radius 3 is 2.31 bits per heavy atom. The molecular weight excluding hydrogens is 328 g/mol. The van der Waals surface area contributed by atoms with E-state index in [1.54, 1.807) is 24.3 Å². The molecule has 6 heteroatoms. The van der Waals surface area contributed by atoms with Crippen LogP contribution in [0.25, 0.3) is 0 Å². The molecule has 0 unspecified atom stereocenters. The summed E-state index contributed by atoms with van der Waals surface area (Å²) in [6.45, 7) is 9.28. The van der Waals surface area contributed by atoms with Crippen molar-refractivity contribution in [3.05, 3.63) is 35.4 Å². The molecule has 1 heterocycles. The van der Waals surface area contributed by atoms with Crippen molar-refractivity contribution >= 4 is 17.8 Å². The first-order valence-electron chi connectivity index (χ1n) is 9.52. The van der Waals surface area contributed by atoms with Crippen LogP contribution < -0.4 is 10.6 Å². The summed E-state index contributed by atoms with van der Waals surface area (Å²) in [5.74, 6) is 1.12. The van der Waals surface area contributed by atoms with Gasteiger partial charge in [0.2, 0.25) is 0 Å². The van der Waals surface area contributed by atoms with Crippen molar-refractivity contribution in [1.82, 2.24) is 15.5 Å². The van der Waals surface area contributed by atoms with Gasteiger partial charge in [0.05, 0.1) is 11.1 Å². The van der Waals surface area contributed by atoms with Gasteiger partial charge in [-0.2, -0.15) is 0 Å². The van der Waals surface area contributed by atoms with E-state index < -0.39 is 0 Å². The number of carbonyl (C=O) groups is 2. The fraction of sp³-hybridized carbons (Fsp3) is 0.550. The molecule has 26 heavy (non-hydrogen) atoms. The third kappa shape index (κ3) is 5.31. The van der Waals surface area contributed by atoms with E-state index >= 15 is 0 Å². The smallest absolute Gasteiger partial charge is 0.261 e. The van der Waals surface area contributed by atoms with Crippen LogP contribution in [0.5, 0.6) is 0 Å². The fourth-order valence-electron chi connectivity index (χ4n) is 2.84. The number of amides is 2. The molecule has 0 aromatic heterocycles. The van der Waals surface area contributed by atoms with Crippen LogP contribution >= 0.6 is 0 Å². The van der Waals surface area contributed by atoms with Crippen LogP contribution in [0.2, 0.25) is 0 Å². The lowest BCUT2D eigenvalue weighted by molar-refractivity contribution is 0.0652. The van der Waals surface area contributed by atoms with Crippen molar-refractivity contribution in [3.8, 4) is 0 Å². The van der Waals surface area contributed by atoms with Crippen LogP contribution in [0.1, 0.15) is 60.7 Å². The topological polar surface area (TPSA) is 73.8 Å². The highest BCUT2D eigenvalue weighted by atomic mass is 16.2. The maximum absolute atomic E-state index is 12.3. The summed E-state index contributed by atoms with van der Waals surface area (Å²) in [7, 11) is 0. The highest BCUT2D eigenvalue weighted by molar-refractivity contribution is 6.21. The van der Waals surface area contributed by atoms with Crippen molar-refractivity contribution in [2.24, 2.45) is 10.9 Å². The number of nitrogens with zero attached hydrogens (tertiary/aromatic N) is 2. The highest BCUT2D eigenvalue weighted by Gasteiger charge is 2.34. The monoisotopic (exact) mass is 358 g/mol. The first-order valence-corrected chi connectivity index (χ1v) is 9.52. The van der Waals surface area contributed by atoms with Crippen molar-refractivity contribution in [2.45, 2.75) is 40.0 Å². The number of fused-ring (bicyclic) bond motifs is 1. The van der Waals surface area contributed by atoms with Crippen LogP contribution in [-0.4, -0.2) is 48.9 Å². The van der Waals surface area contributed by atoms with Crippen molar-refractivity contribution in [2.75, 3.05) is 26.2 Å². The maximum atomic E-state index is 12.3. The molecule has 1 aliphatic rings. The summed E-state index contributed by atoms with van der Waals surface area (Å²) in [6.07, 6.45) is 2.68. The number of unbranched alkanes of at least 4 members (excludes halogenated alkanes) is 1. The molecule has 0 saturated heterocycles. The normalized spacial score (nSPS) is 14.2. The van der Waals surface area contributed by atoms with Crippen molar-refractivity contribution in [3.63, 3.8) is 0 Å². The predicted molar refractivity (Wildman–Crippen MR) is 104 cm³/mol. The van der Waals surface area contributed by atoms with Crippen LogP contribution in [-0.2, 0) is 0 Å². The minimum absolute atomic E-state index is 0.183. The molecule has 0 atom stereocenters. The van der Waals surface area contributed by atoms with Crippen LogP contribution in [0.3, 0.4) is 0 Å². The summed E-state index contributed by atoms with van der Waals surface area (Å²) >= 11 is 0. The summed E-state index contributed by atoms with van der Waals surface area (Å²) < 4.78 is 0. The molecular formula is C20H30N4O2. The highest BCUT2D eigenvalue weighted by Crippen LogP contribution is 2.22. The number of guanidine groups is 1. The lowest BCUT2D eigenvalue weighted by Gasteiger charge is -2.14. The number of rotatable bonds is 9. The molecule has 1 aliphatic heterocycles. The van der Waals surface area contributed by atoms with E-state index in [2.05, 4.69) is 29.5 Å². The predicted octanol–water partition coefficient (Wildman–Crippen LogP) is 2.66. The van der Waals surface area contributed by atoms with Gasteiger partial charge in [-0.3, -0.25) is 19.5 Å². The summed E-state index contributed by atoms with van der Waals surface area (Å²) in [5, 5.41) is 6.56. The Hall–Kier alpha value is -2.37. The molecule has 2 amide bonds. The zero-order valence-electron chi connectivity index (χ0n) is 16.0. The molecule has 0 aliphatic carbocycles. The standard InChI is InChI=1S/C20H30N4O2/c1-4-21-20(23-13-11-15(2)3)22-12-7-8-14-24-18(25)16-9-5-6-10-17(16)19(24)26/h5-6,9-10,15H,4,7-8,11-14H2,1-3H3,(H2,21,22,23). The molecule has 2 N–H and O–H groups in total. The van der Waals surface area contributed by atoms with Crippen LogP contribution in [0.4, 0.5) is 0 Å². The van der Waals surface area contributed by atoms with Gasteiger partial charge < -0.3 is 10.6 Å². The summed E-state index contributed by atoms with van der Waals surface area (Å²) in [6, 6.07) is 7.00. The Morgan fingerprint density at radius 1 is 1.08 bits per heavy atom. The number of hydrogen-bond donors (Lipinski definition) is 2. The Kier molecular flexibility index (Phi) is 7.63. The number of hydrogen-bond acceptors (Lipinski definition) is 3. The van der Waals surface area contributed by atoms with E-state index in [9.17, 15) is 9.59 Å². The van der Waals surface area contributed by atoms with Gasteiger partial charge >= 0.3 is 0 Å². The van der Waals surface area contributed by atoms with E-state index in [0.29, 0.717) is 30.1 Å². The van der Waals surface area contributed by atoms with Crippen LogP contribution in [0, 0.1) is 5.92 Å². The third-order valence-electron chi connectivity index (χ3n) is 4.30. The van der Waals surface area contributed by atoms with Gasteiger partial charge in [0.15, 0.2) is 5.96 Å². The Morgan fingerprint density at radius 2 is 1.73 bits per heavy atom. The molecule has 2 rings (SSSR count). The molecule has 0 bridgehead atoms. The SMILES string of the molecule is CCNC(=NCCCCN1C(=O)c2ccccc2C1=O)NCCC(C)C. The number of aliphatic imine (C=N–C) groups is 1. The van der Waals surface area contributed by atoms with E-state index in [0.717, 1.165) is 38.3 Å². The van der Waals surface area contributed by atoms with E-state index in [1.807, 2.05) is 6.92 Å². The molecule has 0 spiro atoms. The van der Waals surface area contributed by atoms with Gasteiger partial charge in [0.25, 0.3) is 11.8 Å². The zero-order valence-corrected chi connectivity index (χ0v) is 16.0. The number of benzene rings is 1. The number of carbonyl (C=O) groups excluding carboxylic acids is 2. The van der Waals surface area contributed by atoms with Crippen LogP contribution in [0.15, 0.2) is 29.3 Å². The van der Waals surface area contributed by atoms with Gasteiger partial charge in [-0.05, 0) is 44.2 Å². The minimum atomic E-state index is -0.183.